The number of hydrogen-bond acceptors (Lipinski definition) is 2. The molecular weight excluding hydrogens is 401 g/mol. The highest BCUT2D eigenvalue weighted by atomic mass is 35.5. The minimum Gasteiger partial charge on any atom is -0.480 e. The molecule has 2 nitrogen and oxygen atoms in total. The summed E-state index contributed by atoms with van der Waals surface area (Å²) >= 11 is 12.5. The van der Waals surface area contributed by atoms with Crippen LogP contribution in [0.3, 0.4) is 0 Å². The predicted molar refractivity (Wildman–Crippen MR) is 122 cm³/mol. The van der Waals surface area contributed by atoms with E-state index >= 15 is 0 Å². The first-order chi connectivity index (χ1) is 13.8. The molecule has 2 heterocycles. The second-order valence-electron chi connectivity index (χ2n) is 8.29. The lowest BCUT2D eigenvalue weighted by molar-refractivity contribution is 0.243. The van der Waals surface area contributed by atoms with Crippen molar-refractivity contribution in [2.75, 3.05) is 5.32 Å². The molecular formula is C25H21Cl2NO. The van der Waals surface area contributed by atoms with E-state index in [1.807, 2.05) is 30.3 Å². The first kappa shape index (κ1) is 18.6. The molecule has 2 aliphatic rings. The van der Waals surface area contributed by atoms with E-state index in [0.717, 1.165) is 28.1 Å². The maximum atomic E-state index is 6.55. The first-order valence-corrected chi connectivity index (χ1v) is 10.5. The van der Waals surface area contributed by atoms with Crippen LogP contribution in [0.1, 0.15) is 43.6 Å². The summed E-state index contributed by atoms with van der Waals surface area (Å²) in [6.07, 6.45) is 2.01. The Morgan fingerprint density at radius 3 is 2.52 bits per heavy atom. The van der Waals surface area contributed by atoms with E-state index < -0.39 is 0 Å². The van der Waals surface area contributed by atoms with E-state index in [1.165, 1.54) is 16.7 Å². The van der Waals surface area contributed by atoms with E-state index in [1.54, 1.807) is 0 Å². The van der Waals surface area contributed by atoms with Gasteiger partial charge in [0.05, 0.1) is 15.6 Å². The monoisotopic (exact) mass is 421 g/mol. The molecule has 0 aliphatic carbocycles. The number of fused-ring (bicyclic) bond motifs is 5. The normalized spacial score (nSPS) is 18.5. The summed E-state index contributed by atoms with van der Waals surface area (Å²) in [5.74, 6) is 0.877. The Morgan fingerprint density at radius 1 is 0.931 bits per heavy atom. The molecule has 3 aromatic rings. The van der Waals surface area contributed by atoms with Crippen LogP contribution in [-0.2, 0) is 0 Å². The summed E-state index contributed by atoms with van der Waals surface area (Å²) in [5.41, 5.74) is 7.92. The van der Waals surface area contributed by atoms with Crippen molar-refractivity contribution < 1.29 is 4.74 Å². The van der Waals surface area contributed by atoms with Crippen LogP contribution < -0.4 is 10.1 Å². The Kier molecular flexibility index (Phi) is 4.20. The van der Waals surface area contributed by atoms with E-state index in [9.17, 15) is 0 Å². The van der Waals surface area contributed by atoms with Crippen LogP contribution in [-0.4, -0.2) is 5.54 Å². The topological polar surface area (TPSA) is 21.3 Å². The maximum Gasteiger partial charge on any atom is 0.150 e. The zero-order valence-corrected chi connectivity index (χ0v) is 18.0. The molecule has 0 unspecified atom stereocenters. The SMILES string of the molecule is CC1=CC(C)(C)Nc2ccc3c(c21)[C@H](c1ccc(Cl)c(Cl)c1)Oc1ccccc1-3. The molecule has 0 fully saturated rings. The predicted octanol–water partition coefficient (Wildman–Crippen LogP) is 7.75. The van der Waals surface area contributed by atoms with Crippen molar-refractivity contribution in [3.05, 3.63) is 87.4 Å². The smallest absolute Gasteiger partial charge is 0.150 e. The van der Waals surface area contributed by atoms with Crippen LogP contribution >= 0.6 is 23.2 Å². The van der Waals surface area contributed by atoms with Crippen LogP contribution in [0.2, 0.25) is 10.0 Å². The molecule has 29 heavy (non-hydrogen) atoms. The van der Waals surface area contributed by atoms with Gasteiger partial charge in [0.1, 0.15) is 5.75 Å². The minimum atomic E-state index is -0.268. The largest absolute Gasteiger partial charge is 0.480 e. The lowest BCUT2D eigenvalue weighted by Crippen LogP contribution is -2.32. The van der Waals surface area contributed by atoms with E-state index in [4.69, 9.17) is 27.9 Å². The average Bonchev–Trinajstić information content (AvgIpc) is 2.68. The highest BCUT2D eigenvalue weighted by Crippen LogP contribution is 2.50. The molecule has 4 heteroatoms. The number of ether oxygens (including phenoxy) is 1. The van der Waals surface area contributed by atoms with Gasteiger partial charge in [-0.05, 0) is 61.7 Å². The molecule has 2 aliphatic heterocycles. The third kappa shape index (κ3) is 3.02. The van der Waals surface area contributed by atoms with E-state index in [0.29, 0.717) is 10.0 Å². The number of rotatable bonds is 1. The van der Waals surface area contributed by atoms with E-state index in [2.05, 4.69) is 56.4 Å². The Balaban J connectivity index is 1.80. The highest BCUT2D eigenvalue weighted by Gasteiger charge is 2.34. The molecule has 0 aromatic heterocycles. The van der Waals surface area contributed by atoms with Gasteiger partial charge in [-0.3, -0.25) is 0 Å². The number of halogens is 2. The number of hydrogen-bond donors (Lipinski definition) is 1. The van der Waals surface area contributed by atoms with Gasteiger partial charge in [0, 0.05) is 22.4 Å². The molecule has 0 amide bonds. The molecule has 1 N–H and O–H groups in total. The fourth-order valence-electron chi connectivity index (χ4n) is 4.54. The van der Waals surface area contributed by atoms with Gasteiger partial charge in [0.25, 0.3) is 0 Å². The number of benzene rings is 3. The summed E-state index contributed by atoms with van der Waals surface area (Å²) in [6.45, 7) is 6.54. The summed E-state index contributed by atoms with van der Waals surface area (Å²) in [6, 6.07) is 18.3. The van der Waals surface area contributed by atoms with Gasteiger partial charge in [-0.25, -0.2) is 0 Å². The van der Waals surface area contributed by atoms with Crippen molar-refractivity contribution in [2.24, 2.45) is 0 Å². The Hall–Kier alpha value is -2.42. The second-order valence-corrected chi connectivity index (χ2v) is 9.11. The fraction of sp³-hybridized carbons (Fsp3) is 0.200. The summed E-state index contributed by atoms with van der Waals surface area (Å²) in [7, 11) is 0. The minimum absolute atomic E-state index is 0.0994. The van der Waals surface area contributed by atoms with Gasteiger partial charge in [0.15, 0.2) is 6.10 Å². The molecule has 0 bridgehead atoms. The van der Waals surface area contributed by atoms with Gasteiger partial charge in [-0.15, -0.1) is 0 Å². The van der Waals surface area contributed by atoms with Gasteiger partial charge < -0.3 is 10.1 Å². The van der Waals surface area contributed by atoms with Gasteiger partial charge >= 0.3 is 0 Å². The molecule has 0 spiro atoms. The van der Waals surface area contributed by atoms with Crippen LogP contribution in [0, 0.1) is 0 Å². The average molecular weight is 422 g/mol. The Morgan fingerprint density at radius 2 is 1.72 bits per heavy atom. The Bertz CT molecular complexity index is 1180. The van der Waals surface area contributed by atoms with Crippen LogP contribution in [0.15, 0.2) is 60.7 Å². The van der Waals surface area contributed by atoms with Crippen molar-refractivity contribution >= 4 is 34.5 Å². The molecule has 0 radical (unpaired) electrons. The first-order valence-electron chi connectivity index (χ1n) is 9.70. The highest BCUT2D eigenvalue weighted by molar-refractivity contribution is 6.42. The molecule has 5 rings (SSSR count). The van der Waals surface area contributed by atoms with Gasteiger partial charge in [-0.2, -0.15) is 0 Å². The summed E-state index contributed by atoms with van der Waals surface area (Å²) in [4.78, 5) is 0. The number of anilines is 1. The van der Waals surface area contributed by atoms with Crippen LogP contribution in [0.5, 0.6) is 5.75 Å². The molecule has 1 atom stereocenters. The van der Waals surface area contributed by atoms with Crippen molar-refractivity contribution in [3.8, 4) is 16.9 Å². The van der Waals surface area contributed by atoms with Gasteiger partial charge in [-0.1, -0.05) is 59.6 Å². The van der Waals surface area contributed by atoms with Crippen molar-refractivity contribution in [1.82, 2.24) is 0 Å². The molecule has 0 saturated heterocycles. The molecule has 0 saturated carbocycles. The second kappa shape index (κ2) is 6.55. The third-order valence-corrected chi connectivity index (χ3v) is 6.34. The number of nitrogens with one attached hydrogen (secondary N) is 1. The van der Waals surface area contributed by atoms with E-state index in [-0.39, 0.29) is 11.6 Å². The number of allylic oxidation sites excluding steroid dienone is 1. The summed E-state index contributed by atoms with van der Waals surface area (Å²) < 4.78 is 6.55. The van der Waals surface area contributed by atoms with Crippen LogP contribution in [0.25, 0.3) is 16.7 Å². The van der Waals surface area contributed by atoms with Crippen LogP contribution in [0.4, 0.5) is 5.69 Å². The van der Waals surface area contributed by atoms with Crippen molar-refractivity contribution in [3.63, 3.8) is 0 Å². The standard InChI is InChI=1S/C25H21Cl2NO/c1-14-13-25(2,3)28-20-11-9-17-16-6-4-5-7-21(16)29-24(23(17)22(14)20)15-8-10-18(26)19(27)12-15/h4-13,24,28H,1-3H3/t24-/m0/s1. The van der Waals surface area contributed by atoms with Crippen molar-refractivity contribution in [2.45, 2.75) is 32.4 Å². The lowest BCUT2D eigenvalue weighted by atomic mass is 9.80. The van der Waals surface area contributed by atoms with Crippen molar-refractivity contribution in [1.29, 1.82) is 0 Å². The third-order valence-electron chi connectivity index (χ3n) is 5.60. The lowest BCUT2D eigenvalue weighted by Gasteiger charge is -2.37. The zero-order chi connectivity index (χ0) is 20.3. The molecule has 146 valence electrons. The summed E-state index contributed by atoms with van der Waals surface area (Å²) in [5, 5.41) is 4.73. The zero-order valence-electron chi connectivity index (χ0n) is 16.5. The maximum absolute atomic E-state index is 6.55. The number of para-hydroxylation sites is 1. The molecule has 3 aromatic carbocycles. The Labute approximate surface area is 181 Å². The van der Waals surface area contributed by atoms with Gasteiger partial charge in [0.2, 0.25) is 0 Å². The quantitative estimate of drug-likeness (QED) is 0.433. The fourth-order valence-corrected chi connectivity index (χ4v) is 4.85.